The molecule has 1 fully saturated rings. The van der Waals surface area contributed by atoms with Crippen molar-refractivity contribution in [2.24, 2.45) is 0 Å². The zero-order chi connectivity index (χ0) is 20.2. The van der Waals surface area contributed by atoms with Gasteiger partial charge in [-0.3, -0.25) is 0 Å². The van der Waals surface area contributed by atoms with Crippen molar-refractivity contribution in [3.05, 3.63) is 72.4 Å². The van der Waals surface area contributed by atoms with Crippen molar-refractivity contribution in [2.75, 3.05) is 18.0 Å². The molecule has 2 heterocycles. The van der Waals surface area contributed by atoms with Crippen molar-refractivity contribution in [1.29, 1.82) is 0 Å². The normalized spacial score (nSPS) is 16.3. The van der Waals surface area contributed by atoms with Gasteiger partial charge in [0.1, 0.15) is 11.9 Å². The molecule has 1 aliphatic heterocycles. The molecule has 0 bridgehead atoms. The van der Waals surface area contributed by atoms with Crippen molar-refractivity contribution >= 4 is 5.69 Å². The van der Waals surface area contributed by atoms with Gasteiger partial charge < -0.3 is 14.4 Å². The van der Waals surface area contributed by atoms with Crippen LogP contribution in [0.15, 0.2) is 66.9 Å². The third kappa shape index (κ3) is 4.70. The van der Waals surface area contributed by atoms with E-state index in [0.29, 0.717) is 5.88 Å². The van der Waals surface area contributed by atoms with E-state index in [2.05, 4.69) is 66.2 Å². The molecular formula is C25H28N2O2. The van der Waals surface area contributed by atoms with E-state index in [4.69, 9.17) is 9.47 Å². The van der Waals surface area contributed by atoms with Gasteiger partial charge in [-0.15, -0.1) is 0 Å². The minimum Gasteiger partial charge on any atom is -0.489 e. The van der Waals surface area contributed by atoms with Crippen LogP contribution in [0.5, 0.6) is 11.6 Å². The Balaban J connectivity index is 1.53. The molecule has 1 saturated heterocycles. The SMILES string of the molecule is Cc1ccc(O[C@H]2CCN(c3ccc(-c4ccccc4)cc3OC(C)C)C2)nc1. The number of anilines is 1. The van der Waals surface area contributed by atoms with Gasteiger partial charge in [0.05, 0.1) is 18.3 Å². The van der Waals surface area contributed by atoms with Gasteiger partial charge in [-0.05, 0) is 49.6 Å². The minimum atomic E-state index is 0.117. The molecule has 0 radical (unpaired) electrons. The summed E-state index contributed by atoms with van der Waals surface area (Å²) in [5.41, 5.74) is 4.63. The summed E-state index contributed by atoms with van der Waals surface area (Å²) in [4.78, 5) is 6.73. The number of aromatic nitrogens is 1. The van der Waals surface area contributed by atoms with Crippen molar-refractivity contribution in [3.8, 4) is 22.8 Å². The smallest absolute Gasteiger partial charge is 0.213 e. The number of aryl methyl sites for hydroxylation is 1. The molecule has 2 aromatic carbocycles. The summed E-state index contributed by atoms with van der Waals surface area (Å²) in [6.45, 7) is 7.93. The number of pyridine rings is 1. The highest BCUT2D eigenvalue weighted by atomic mass is 16.5. The summed E-state index contributed by atoms with van der Waals surface area (Å²) >= 11 is 0. The topological polar surface area (TPSA) is 34.6 Å². The Morgan fingerprint density at radius 3 is 2.55 bits per heavy atom. The largest absolute Gasteiger partial charge is 0.489 e. The van der Waals surface area contributed by atoms with E-state index in [1.807, 2.05) is 31.3 Å². The first-order valence-electron chi connectivity index (χ1n) is 10.3. The van der Waals surface area contributed by atoms with Crippen molar-refractivity contribution in [3.63, 3.8) is 0 Å². The number of hydrogen-bond acceptors (Lipinski definition) is 4. The lowest BCUT2D eigenvalue weighted by Gasteiger charge is -2.24. The van der Waals surface area contributed by atoms with E-state index < -0.39 is 0 Å². The fourth-order valence-electron chi connectivity index (χ4n) is 3.67. The number of nitrogens with zero attached hydrogens (tertiary/aromatic N) is 2. The van der Waals surface area contributed by atoms with E-state index in [0.717, 1.165) is 36.5 Å². The first-order chi connectivity index (χ1) is 14.1. The monoisotopic (exact) mass is 388 g/mol. The van der Waals surface area contributed by atoms with Gasteiger partial charge >= 0.3 is 0 Å². The van der Waals surface area contributed by atoms with Crippen LogP contribution in [0.1, 0.15) is 25.8 Å². The maximum Gasteiger partial charge on any atom is 0.213 e. The number of rotatable bonds is 6. The van der Waals surface area contributed by atoms with Gasteiger partial charge in [-0.1, -0.05) is 42.5 Å². The second kappa shape index (κ2) is 8.56. The van der Waals surface area contributed by atoms with Gasteiger partial charge in [0.15, 0.2) is 0 Å². The molecule has 0 N–H and O–H groups in total. The zero-order valence-electron chi connectivity index (χ0n) is 17.3. The lowest BCUT2D eigenvalue weighted by atomic mass is 10.0. The Bertz CT molecular complexity index is 939. The van der Waals surface area contributed by atoms with E-state index in [1.54, 1.807) is 0 Å². The van der Waals surface area contributed by atoms with Crippen LogP contribution in [0.2, 0.25) is 0 Å². The molecule has 0 unspecified atom stereocenters. The number of benzene rings is 2. The van der Waals surface area contributed by atoms with Crippen molar-refractivity contribution in [2.45, 2.75) is 39.4 Å². The Labute approximate surface area is 173 Å². The predicted molar refractivity (Wildman–Crippen MR) is 118 cm³/mol. The average molecular weight is 389 g/mol. The van der Waals surface area contributed by atoms with Gasteiger partial charge in [0, 0.05) is 25.2 Å². The standard InChI is InChI=1S/C25H28N2O2/c1-18(2)28-24-15-21(20-7-5-4-6-8-20)10-11-23(24)27-14-13-22(17-27)29-25-12-9-19(3)16-26-25/h4-12,15-16,18,22H,13-14,17H2,1-3H3/t22-/m0/s1. The van der Waals surface area contributed by atoms with Crippen LogP contribution >= 0.6 is 0 Å². The minimum absolute atomic E-state index is 0.117. The van der Waals surface area contributed by atoms with Crippen LogP contribution in [0, 0.1) is 6.92 Å². The molecule has 1 aromatic heterocycles. The van der Waals surface area contributed by atoms with E-state index in [1.165, 1.54) is 11.1 Å². The van der Waals surface area contributed by atoms with Crippen LogP contribution in [-0.4, -0.2) is 30.3 Å². The first-order valence-corrected chi connectivity index (χ1v) is 10.3. The molecule has 4 rings (SSSR count). The fraction of sp³-hybridized carbons (Fsp3) is 0.320. The third-order valence-corrected chi connectivity index (χ3v) is 5.09. The quantitative estimate of drug-likeness (QED) is 0.558. The average Bonchev–Trinajstić information content (AvgIpc) is 3.18. The Morgan fingerprint density at radius 2 is 1.83 bits per heavy atom. The van der Waals surface area contributed by atoms with Crippen LogP contribution in [0.25, 0.3) is 11.1 Å². The number of ether oxygens (including phenoxy) is 2. The summed E-state index contributed by atoms with van der Waals surface area (Å²) in [5, 5.41) is 0. The molecule has 29 heavy (non-hydrogen) atoms. The summed E-state index contributed by atoms with van der Waals surface area (Å²) in [6, 6.07) is 20.9. The molecular weight excluding hydrogens is 360 g/mol. The molecule has 0 amide bonds. The van der Waals surface area contributed by atoms with Gasteiger partial charge in [0.25, 0.3) is 0 Å². The van der Waals surface area contributed by atoms with Crippen LogP contribution in [0.3, 0.4) is 0 Å². The summed E-state index contributed by atoms with van der Waals surface area (Å²) in [6.07, 6.45) is 3.06. The maximum absolute atomic E-state index is 6.19. The van der Waals surface area contributed by atoms with E-state index in [-0.39, 0.29) is 12.2 Å². The van der Waals surface area contributed by atoms with Crippen LogP contribution < -0.4 is 14.4 Å². The molecule has 1 atom stereocenters. The Hall–Kier alpha value is -3.01. The summed E-state index contributed by atoms with van der Waals surface area (Å²) in [5.74, 6) is 1.62. The molecule has 3 aromatic rings. The molecule has 0 spiro atoms. The van der Waals surface area contributed by atoms with E-state index in [9.17, 15) is 0 Å². The lowest BCUT2D eigenvalue weighted by Crippen LogP contribution is -2.25. The maximum atomic E-state index is 6.19. The van der Waals surface area contributed by atoms with Gasteiger partial charge in [-0.25, -0.2) is 4.98 Å². The number of hydrogen-bond donors (Lipinski definition) is 0. The van der Waals surface area contributed by atoms with Crippen molar-refractivity contribution < 1.29 is 9.47 Å². The van der Waals surface area contributed by atoms with Gasteiger partial charge in [0.2, 0.25) is 5.88 Å². The molecule has 0 saturated carbocycles. The first kappa shape index (κ1) is 19.3. The molecule has 150 valence electrons. The molecule has 4 nitrogen and oxygen atoms in total. The lowest BCUT2D eigenvalue weighted by molar-refractivity contribution is 0.215. The third-order valence-electron chi connectivity index (χ3n) is 5.09. The summed E-state index contributed by atoms with van der Waals surface area (Å²) in [7, 11) is 0. The second-order valence-corrected chi connectivity index (χ2v) is 7.86. The molecule has 0 aliphatic carbocycles. The molecule has 1 aliphatic rings. The highest BCUT2D eigenvalue weighted by Gasteiger charge is 2.27. The van der Waals surface area contributed by atoms with Gasteiger partial charge in [-0.2, -0.15) is 0 Å². The van der Waals surface area contributed by atoms with Crippen LogP contribution in [-0.2, 0) is 0 Å². The second-order valence-electron chi connectivity index (χ2n) is 7.86. The highest BCUT2D eigenvalue weighted by molar-refractivity contribution is 5.71. The van der Waals surface area contributed by atoms with Crippen LogP contribution in [0.4, 0.5) is 5.69 Å². The fourth-order valence-corrected chi connectivity index (χ4v) is 3.67. The Kier molecular flexibility index (Phi) is 5.70. The van der Waals surface area contributed by atoms with E-state index >= 15 is 0 Å². The van der Waals surface area contributed by atoms with Crippen molar-refractivity contribution in [1.82, 2.24) is 4.98 Å². The Morgan fingerprint density at radius 1 is 1.00 bits per heavy atom. The predicted octanol–water partition coefficient (Wildman–Crippen LogP) is 5.50. The molecule has 4 heteroatoms. The summed E-state index contributed by atoms with van der Waals surface area (Å²) < 4.78 is 12.3. The zero-order valence-corrected chi connectivity index (χ0v) is 17.3. The highest BCUT2D eigenvalue weighted by Crippen LogP contribution is 2.36.